The van der Waals surface area contributed by atoms with Crippen molar-refractivity contribution in [2.24, 2.45) is 0 Å². The number of hydrogen-bond donors (Lipinski definition) is 2. The molecule has 3 aromatic rings. The number of nitrogens with zero attached hydrogens (tertiary/aromatic N) is 4. The number of amides is 1. The number of carbonyl (C=O) groups excluding carboxylic acids is 1. The molecule has 1 heterocycles. The van der Waals surface area contributed by atoms with Gasteiger partial charge >= 0.3 is 0 Å². The van der Waals surface area contributed by atoms with Crippen LogP contribution in [0.3, 0.4) is 0 Å². The Morgan fingerprint density at radius 3 is 2.41 bits per heavy atom. The second-order valence-electron chi connectivity index (χ2n) is 6.41. The molecule has 1 aromatic heterocycles. The van der Waals surface area contributed by atoms with Crippen LogP contribution < -0.4 is 5.32 Å². The molecule has 2 aromatic carbocycles. The minimum Gasteiger partial charge on any atom is -0.508 e. The van der Waals surface area contributed by atoms with E-state index < -0.39 is 5.25 Å². The molecule has 0 bridgehead atoms. The van der Waals surface area contributed by atoms with Gasteiger partial charge in [-0.1, -0.05) is 29.5 Å². The molecular formula is C19H21N5O2S. The Hall–Kier alpha value is -2.87. The summed E-state index contributed by atoms with van der Waals surface area (Å²) in [4.78, 5) is 12.7. The highest BCUT2D eigenvalue weighted by Crippen LogP contribution is 2.27. The fourth-order valence-corrected chi connectivity index (χ4v) is 3.63. The monoisotopic (exact) mass is 383 g/mol. The number of rotatable bonds is 5. The van der Waals surface area contributed by atoms with Gasteiger partial charge in [0.05, 0.1) is 10.9 Å². The van der Waals surface area contributed by atoms with Crippen LogP contribution >= 0.6 is 11.8 Å². The number of anilines is 1. The van der Waals surface area contributed by atoms with Gasteiger partial charge in [0.15, 0.2) is 0 Å². The van der Waals surface area contributed by atoms with E-state index in [2.05, 4.69) is 20.8 Å². The van der Waals surface area contributed by atoms with Gasteiger partial charge in [0.2, 0.25) is 11.1 Å². The summed E-state index contributed by atoms with van der Waals surface area (Å²) >= 11 is 1.27. The largest absolute Gasteiger partial charge is 0.508 e. The van der Waals surface area contributed by atoms with Gasteiger partial charge in [0.25, 0.3) is 0 Å². The minimum absolute atomic E-state index is 0.115. The molecule has 2 N–H and O–H groups in total. The summed E-state index contributed by atoms with van der Waals surface area (Å²) < 4.78 is 1.54. The quantitative estimate of drug-likeness (QED) is 0.656. The molecule has 27 heavy (non-hydrogen) atoms. The Morgan fingerprint density at radius 1 is 1.15 bits per heavy atom. The SMILES string of the molecule is Cc1cc(C)c(NC(=O)C(C)Sc2nnnn2-c2ccc(O)cc2)c(C)c1. The van der Waals surface area contributed by atoms with Crippen LogP contribution in [0.2, 0.25) is 0 Å². The molecule has 0 saturated heterocycles. The number of hydrogen-bond acceptors (Lipinski definition) is 6. The standard InChI is InChI=1S/C19H21N5O2S/c1-11-9-12(2)17(13(3)10-11)20-18(26)14(4)27-19-21-22-23-24(19)15-5-7-16(25)8-6-15/h5-10,14,25H,1-4H3,(H,20,26). The summed E-state index contributed by atoms with van der Waals surface area (Å²) in [7, 11) is 0. The molecule has 3 rings (SSSR count). The van der Waals surface area contributed by atoms with Crippen LogP contribution in [0.5, 0.6) is 5.75 Å². The van der Waals surface area contributed by atoms with Crippen molar-refractivity contribution in [1.29, 1.82) is 0 Å². The normalized spacial score (nSPS) is 12.0. The van der Waals surface area contributed by atoms with E-state index in [0.29, 0.717) is 10.8 Å². The Balaban J connectivity index is 1.75. The third kappa shape index (κ3) is 4.28. The number of aromatic hydroxyl groups is 1. The maximum absolute atomic E-state index is 12.7. The summed E-state index contributed by atoms with van der Waals surface area (Å²) in [6.07, 6.45) is 0. The van der Waals surface area contributed by atoms with E-state index >= 15 is 0 Å². The molecule has 1 atom stereocenters. The lowest BCUT2D eigenvalue weighted by molar-refractivity contribution is -0.115. The van der Waals surface area contributed by atoms with Crippen molar-refractivity contribution in [3.05, 3.63) is 53.1 Å². The first kappa shape index (κ1) is 18.9. The smallest absolute Gasteiger partial charge is 0.237 e. The molecule has 1 unspecified atom stereocenters. The number of phenols is 1. The van der Waals surface area contributed by atoms with Crippen LogP contribution in [-0.4, -0.2) is 36.5 Å². The minimum atomic E-state index is -0.396. The van der Waals surface area contributed by atoms with Crippen LogP contribution in [-0.2, 0) is 4.79 Å². The molecule has 0 saturated carbocycles. The predicted molar refractivity (Wildman–Crippen MR) is 105 cm³/mol. The van der Waals surface area contributed by atoms with E-state index in [-0.39, 0.29) is 11.7 Å². The number of carbonyl (C=O) groups is 1. The summed E-state index contributed by atoms with van der Waals surface area (Å²) in [6.45, 7) is 7.82. The summed E-state index contributed by atoms with van der Waals surface area (Å²) in [5, 5.41) is 24.2. The van der Waals surface area contributed by atoms with Crippen molar-refractivity contribution >= 4 is 23.4 Å². The number of benzene rings is 2. The van der Waals surface area contributed by atoms with Gasteiger partial charge in [-0.2, -0.15) is 4.68 Å². The van der Waals surface area contributed by atoms with Crippen LogP contribution in [0, 0.1) is 20.8 Å². The maximum Gasteiger partial charge on any atom is 0.237 e. The van der Waals surface area contributed by atoms with Crippen LogP contribution in [0.4, 0.5) is 5.69 Å². The Bertz CT molecular complexity index is 945. The predicted octanol–water partition coefficient (Wildman–Crippen LogP) is 3.41. The highest BCUT2D eigenvalue weighted by Gasteiger charge is 2.20. The van der Waals surface area contributed by atoms with E-state index in [4.69, 9.17) is 0 Å². The lowest BCUT2D eigenvalue weighted by Gasteiger charge is -2.16. The van der Waals surface area contributed by atoms with Crippen LogP contribution in [0.15, 0.2) is 41.6 Å². The van der Waals surface area contributed by atoms with Crippen molar-refractivity contribution in [1.82, 2.24) is 20.2 Å². The fourth-order valence-electron chi connectivity index (χ4n) is 2.82. The topological polar surface area (TPSA) is 92.9 Å². The Morgan fingerprint density at radius 2 is 1.78 bits per heavy atom. The van der Waals surface area contributed by atoms with Crippen LogP contribution in [0.25, 0.3) is 5.69 Å². The zero-order chi connectivity index (χ0) is 19.6. The Kier molecular flexibility index (Phi) is 5.46. The number of aromatic nitrogens is 4. The average Bonchev–Trinajstić information content (AvgIpc) is 3.06. The van der Waals surface area contributed by atoms with E-state index in [0.717, 1.165) is 16.8 Å². The van der Waals surface area contributed by atoms with Crippen molar-refractivity contribution in [2.75, 3.05) is 5.32 Å². The molecule has 7 nitrogen and oxygen atoms in total. The van der Waals surface area contributed by atoms with Gasteiger partial charge in [-0.3, -0.25) is 4.79 Å². The number of thioether (sulfide) groups is 1. The number of tetrazole rings is 1. The summed E-state index contributed by atoms with van der Waals surface area (Å²) in [6, 6.07) is 10.6. The number of aryl methyl sites for hydroxylation is 3. The first-order valence-electron chi connectivity index (χ1n) is 8.48. The molecule has 1 amide bonds. The second kappa shape index (κ2) is 7.79. The molecule has 0 aliphatic rings. The number of nitrogens with one attached hydrogen (secondary N) is 1. The molecule has 140 valence electrons. The second-order valence-corrected chi connectivity index (χ2v) is 7.72. The lowest BCUT2D eigenvalue weighted by atomic mass is 10.1. The molecule has 0 radical (unpaired) electrons. The van der Waals surface area contributed by atoms with Gasteiger partial charge in [-0.15, -0.1) is 5.10 Å². The summed E-state index contributed by atoms with van der Waals surface area (Å²) in [5.74, 6) is 0.0490. The van der Waals surface area contributed by atoms with E-state index in [1.807, 2.05) is 39.8 Å². The highest BCUT2D eigenvalue weighted by atomic mass is 32.2. The van der Waals surface area contributed by atoms with Gasteiger partial charge in [0.1, 0.15) is 5.75 Å². The number of phenolic OH excluding ortho intramolecular Hbond substituents is 1. The van der Waals surface area contributed by atoms with Crippen LogP contribution in [0.1, 0.15) is 23.6 Å². The van der Waals surface area contributed by atoms with Crippen molar-refractivity contribution < 1.29 is 9.90 Å². The van der Waals surface area contributed by atoms with E-state index in [1.54, 1.807) is 24.3 Å². The van der Waals surface area contributed by atoms with Crippen molar-refractivity contribution in [3.63, 3.8) is 0 Å². The van der Waals surface area contributed by atoms with Gasteiger partial charge in [-0.05, 0) is 73.5 Å². The van der Waals surface area contributed by atoms with Crippen molar-refractivity contribution in [2.45, 2.75) is 38.1 Å². The lowest BCUT2D eigenvalue weighted by Crippen LogP contribution is -2.24. The fraction of sp³-hybridized carbons (Fsp3) is 0.263. The molecule has 8 heteroatoms. The van der Waals surface area contributed by atoms with E-state index in [1.165, 1.54) is 22.0 Å². The highest BCUT2D eigenvalue weighted by molar-refractivity contribution is 8.00. The molecule has 0 aliphatic heterocycles. The first-order chi connectivity index (χ1) is 12.8. The Labute approximate surface area is 161 Å². The van der Waals surface area contributed by atoms with Gasteiger partial charge in [0, 0.05) is 5.69 Å². The summed E-state index contributed by atoms with van der Waals surface area (Å²) in [5.41, 5.74) is 4.78. The average molecular weight is 383 g/mol. The molecule has 0 aliphatic carbocycles. The zero-order valence-corrected chi connectivity index (χ0v) is 16.4. The third-order valence-corrected chi connectivity index (χ3v) is 5.14. The molecular weight excluding hydrogens is 362 g/mol. The third-order valence-electron chi connectivity index (χ3n) is 4.11. The first-order valence-corrected chi connectivity index (χ1v) is 9.36. The van der Waals surface area contributed by atoms with Gasteiger partial charge < -0.3 is 10.4 Å². The molecule has 0 spiro atoms. The zero-order valence-electron chi connectivity index (χ0n) is 15.6. The van der Waals surface area contributed by atoms with Crippen molar-refractivity contribution in [3.8, 4) is 11.4 Å². The van der Waals surface area contributed by atoms with Gasteiger partial charge in [-0.25, -0.2) is 0 Å². The molecule has 0 fully saturated rings. The maximum atomic E-state index is 12.7. The van der Waals surface area contributed by atoms with E-state index in [9.17, 15) is 9.90 Å².